The van der Waals surface area contributed by atoms with Crippen molar-refractivity contribution in [2.24, 2.45) is 0 Å². The maximum atomic E-state index is 13.0. The van der Waals surface area contributed by atoms with E-state index >= 15 is 0 Å². The van der Waals surface area contributed by atoms with Crippen molar-refractivity contribution in [1.29, 1.82) is 0 Å². The molecule has 0 amide bonds. The Kier molecular flexibility index (Phi) is 10.7. The number of hydrogen-bond acceptors (Lipinski definition) is 19. The molecule has 0 radical (unpaired) electrons. The second-order valence-corrected chi connectivity index (χ2v) is 11.5. The summed E-state index contributed by atoms with van der Waals surface area (Å²) in [7, 11) is 0. The number of esters is 2. The number of rotatable bonds is 9. The fourth-order valence-corrected chi connectivity index (χ4v) is 5.32. The van der Waals surface area contributed by atoms with E-state index in [-0.39, 0.29) is 11.3 Å². The Hall–Kier alpha value is -4.73. The monoisotopic (exact) mass is 710 g/mol. The Balaban J connectivity index is 1.51. The van der Waals surface area contributed by atoms with Gasteiger partial charge in [0.25, 0.3) is 0 Å². The summed E-state index contributed by atoms with van der Waals surface area (Å²) in [6.45, 7) is 0.934. The van der Waals surface area contributed by atoms with Crippen molar-refractivity contribution in [2.75, 3.05) is 13.2 Å². The van der Waals surface area contributed by atoms with E-state index in [1.807, 2.05) is 0 Å². The number of hydrogen-bond donors (Lipinski definition) is 9. The summed E-state index contributed by atoms with van der Waals surface area (Å²) >= 11 is 0. The van der Waals surface area contributed by atoms with E-state index < -0.39 is 132 Å². The second kappa shape index (κ2) is 14.6. The van der Waals surface area contributed by atoms with Crippen LogP contribution in [0.1, 0.15) is 13.8 Å². The van der Waals surface area contributed by atoms with E-state index in [1.165, 1.54) is 6.07 Å². The van der Waals surface area contributed by atoms with Crippen LogP contribution in [-0.4, -0.2) is 133 Å². The summed E-state index contributed by atoms with van der Waals surface area (Å²) in [5.74, 6) is -5.07. The highest BCUT2D eigenvalue weighted by molar-refractivity contribution is 5.91. The standard InChI is InChI=1S/C31H34O19/c1-10(32)44-8-19-22(38)25(41)27(43)30(48-19)50-29-26(42)23(39)20(9-45-11(2)33)49-31(29)47-18-7-16(37)21-15(36)6-17(46-28(21)24(18)40)12-3-4-13(34)14(35)5-12/h3-7,19-20,22-23,25-27,29-31,34-35,37-43H,8-9H2,1-2H3/t19-,20-,22-,23-,25+,26+,27-,29-,30+,31-/m1/s1. The van der Waals surface area contributed by atoms with Gasteiger partial charge in [0.15, 0.2) is 40.7 Å². The summed E-state index contributed by atoms with van der Waals surface area (Å²) < 4.78 is 38.1. The van der Waals surface area contributed by atoms with Crippen LogP contribution in [0.15, 0.2) is 39.5 Å². The van der Waals surface area contributed by atoms with Gasteiger partial charge in [0.05, 0.1) is 0 Å². The highest BCUT2D eigenvalue weighted by Crippen LogP contribution is 2.42. The summed E-state index contributed by atoms with van der Waals surface area (Å²) in [6, 6.07) is 5.22. The Bertz CT molecular complexity index is 1790. The number of carbonyl (C=O) groups is 2. The van der Waals surface area contributed by atoms with Gasteiger partial charge in [-0.3, -0.25) is 14.4 Å². The SMILES string of the molecule is CC(=O)OC[C@H]1O[C@@H](O[C@H]2[C@H](Oc3cc(O)c4c(=O)cc(-c5ccc(O)c(O)c5)oc4c3O)O[C@H](COC(C)=O)[C@@H](O)[C@@H]2O)[C@H](O)[C@@H](O)[C@@H]1O. The maximum Gasteiger partial charge on any atom is 0.302 e. The fourth-order valence-electron chi connectivity index (χ4n) is 5.32. The van der Waals surface area contributed by atoms with Gasteiger partial charge in [-0.2, -0.15) is 0 Å². The van der Waals surface area contributed by atoms with E-state index in [0.717, 1.165) is 38.1 Å². The lowest BCUT2D eigenvalue weighted by Crippen LogP contribution is -2.65. The number of phenols is 4. The van der Waals surface area contributed by atoms with Crippen molar-refractivity contribution in [3.8, 4) is 40.1 Å². The first-order valence-electron chi connectivity index (χ1n) is 14.9. The van der Waals surface area contributed by atoms with Crippen molar-refractivity contribution >= 4 is 22.9 Å². The molecule has 0 bridgehead atoms. The van der Waals surface area contributed by atoms with Gasteiger partial charge in [0, 0.05) is 31.5 Å². The molecule has 3 aromatic rings. The minimum atomic E-state index is -2.00. The molecule has 2 aliphatic rings. The third-order valence-electron chi connectivity index (χ3n) is 7.93. The molecule has 2 aromatic carbocycles. The van der Waals surface area contributed by atoms with Gasteiger partial charge in [-0.25, -0.2) is 0 Å². The van der Waals surface area contributed by atoms with Crippen LogP contribution >= 0.6 is 0 Å². The molecule has 2 saturated heterocycles. The minimum absolute atomic E-state index is 0.0874. The van der Waals surface area contributed by atoms with Crippen molar-refractivity contribution in [3.05, 3.63) is 40.6 Å². The van der Waals surface area contributed by atoms with E-state index in [2.05, 4.69) is 0 Å². The molecule has 1 aromatic heterocycles. The van der Waals surface area contributed by atoms with E-state index in [4.69, 9.17) is 32.8 Å². The van der Waals surface area contributed by atoms with Gasteiger partial charge in [-0.1, -0.05) is 0 Å². The van der Waals surface area contributed by atoms with Crippen molar-refractivity contribution < 1.29 is 88.4 Å². The fraction of sp³-hybridized carbons (Fsp3) is 0.452. The predicted molar refractivity (Wildman–Crippen MR) is 161 cm³/mol. The summed E-state index contributed by atoms with van der Waals surface area (Å²) in [5.41, 5.74) is -1.36. The molecule has 9 N–H and O–H groups in total. The zero-order valence-corrected chi connectivity index (χ0v) is 26.2. The molecule has 2 fully saturated rings. The average molecular weight is 711 g/mol. The van der Waals surface area contributed by atoms with Crippen LogP contribution in [0.25, 0.3) is 22.3 Å². The zero-order valence-electron chi connectivity index (χ0n) is 26.2. The molecule has 10 atom stereocenters. The summed E-state index contributed by atoms with van der Waals surface area (Å²) in [6.07, 6.45) is -18.2. The zero-order chi connectivity index (χ0) is 36.6. The van der Waals surface area contributed by atoms with Gasteiger partial charge in [0.1, 0.15) is 72.8 Å². The van der Waals surface area contributed by atoms with E-state index in [0.29, 0.717) is 0 Å². The molecule has 5 rings (SSSR count). The first-order chi connectivity index (χ1) is 23.6. The van der Waals surface area contributed by atoms with Gasteiger partial charge in [0.2, 0.25) is 12.0 Å². The Morgan fingerprint density at radius 1 is 0.720 bits per heavy atom. The maximum absolute atomic E-state index is 13.0. The number of ether oxygens (including phenoxy) is 6. The molecule has 0 unspecified atom stereocenters. The van der Waals surface area contributed by atoms with Gasteiger partial charge < -0.3 is 78.8 Å². The van der Waals surface area contributed by atoms with Crippen molar-refractivity contribution in [3.63, 3.8) is 0 Å². The molecule has 0 spiro atoms. The summed E-state index contributed by atoms with van der Waals surface area (Å²) in [5, 5.41) is 94.4. The lowest BCUT2D eigenvalue weighted by molar-refractivity contribution is -0.358. The topological polar surface area (TPSA) is 302 Å². The second-order valence-electron chi connectivity index (χ2n) is 11.5. The largest absolute Gasteiger partial charge is 0.507 e. The molecule has 19 nitrogen and oxygen atoms in total. The Labute approximate surface area is 280 Å². The van der Waals surface area contributed by atoms with Crippen LogP contribution in [0.4, 0.5) is 0 Å². The van der Waals surface area contributed by atoms with Crippen molar-refractivity contribution in [1.82, 2.24) is 0 Å². The molecule has 3 heterocycles. The molecule has 2 aliphatic heterocycles. The lowest BCUT2D eigenvalue weighted by atomic mass is 9.97. The van der Waals surface area contributed by atoms with Crippen LogP contribution in [0.3, 0.4) is 0 Å². The molecular weight excluding hydrogens is 676 g/mol. The average Bonchev–Trinajstić information content (AvgIpc) is 3.06. The number of aromatic hydroxyl groups is 4. The van der Waals surface area contributed by atoms with Gasteiger partial charge >= 0.3 is 11.9 Å². The Morgan fingerprint density at radius 2 is 1.32 bits per heavy atom. The third kappa shape index (κ3) is 7.39. The van der Waals surface area contributed by atoms with Crippen LogP contribution in [0.2, 0.25) is 0 Å². The molecule has 0 saturated carbocycles. The third-order valence-corrected chi connectivity index (χ3v) is 7.93. The van der Waals surface area contributed by atoms with Gasteiger partial charge in [-0.05, 0) is 18.2 Å². The number of benzene rings is 2. The first kappa shape index (κ1) is 36.5. The first-order valence-corrected chi connectivity index (χ1v) is 14.9. The number of carbonyl (C=O) groups excluding carboxylic acids is 2. The van der Waals surface area contributed by atoms with E-state index in [9.17, 15) is 60.3 Å². The quantitative estimate of drug-likeness (QED) is 0.0688. The van der Waals surface area contributed by atoms with Crippen LogP contribution in [0.5, 0.6) is 28.7 Å². The number of aliphatic hydroxyl groups is 5. The van der Waals surface area contributed by atoms with Crippen LogP contribution in [0, 0.1) is 0 Å². The number of fused-ring (bicyclic) bond motifs is 1. The number of aliphatic hydroxyl groups excluding tert-OH is 5. The molecular formula is C31H34O19. The molecule has 50 heavy (non-hydrogen) atoms. The highest BCUT2D eigenvalue weighted by atomic mass is 16.8. The number of phenolic OH excluding ortho intramolecular Hbond substituents is 4. The summed E-state index contributed by atoms with van der Waals surface area (Å²) in [4.78, 5) is 35.8. The molecule has 0 aliphatic carbocycles. The van der Waals surface area contributed by atoms with Crippen LogP contribution < -0.4 is 10.2 Å². The Morgan fingerprint density at radius 3 is 1.92 bits per heavy atom. The van der Waals surface area contributed by atoms with Gasteiger partial charge in [-0.15, -0.1) is 0 Å². The lowest BCUT2D eigenvalue weighted by Gasteiger charge is -2.46. The highest BCUT2D eigenvalue weighted by Gasteiger charge is 2.52. The minimum Gasteiger partial charge on any atom is -0.507 e. The smallest absolute Gasteiger partial charge is 0.302 e. The van der Waals surface area contributed by atoms with E-state index in [1.54, 1.807) is 0 Å². The predicted octanol–water partition coefficient (Wildman–Crippen LogP) is -1.57. The normalized spacial score (nSPS) is 29.7. The van der Waals surface area contributed by atoms with Crippen molar-refractivity contribution in [2.45, 2.75) is 75.3 Å². The molecule has 272 valence electrons. The molecule has 19 heteroatoms. The van der Waals surface area contributed by atoms with Crippen LogP contribution in [-0.2, 0) is 33.3 Å².